The number of carbonyl (C=O) groups is 1. The minimum Gasteiger partial charge on any atom is -0.421 e. The number of halogens is 1. The van der Waals surface area contributed by atoms with E-state index in [1.165, 1.54) is 24.3 Å². The van der Waals surface area contributed by atoms with E-state index in [-0.39, 0.29) is 22.0 Å². The zero-order chi connectivity index (χ0) is 21.5. The Morgan fingerprint density at radius 3 is 2.06 bits per heavy atom. The average Bonchev–Trinajstić information content (AvgIpc) is 2.80. The van der Waals surface area contributed by atoms with Gasteiger partial charge in [-0.1, -0.05) is 48.0 Å². The van der Waals surface area contributed by atoms with E-state index in [1.807, 2.05) is 42.5 Å². The van der Waals surface area contributed by atoms with Gasteiger partial charge in [0, 0.05) is 22.9 Å². The number of aromatic nitrogens is 2. The van der Waals surface area contributed by atoms with Crippen LogP contribution in [-0.4, -0.2) is 20.9 Å². The molecule has 7 nitrogen and oxygen atoms in total. The molecule has 0 spiro atoms. The van der Waals surface area contributed by atoms with Crippen molar-refractivity contribution in [3.8, 4) is 5.75 Å². The molecule has 31 heavy (non-hydrogen) atoms. The highest BCUT2D eigenvalue weighted by molar-refractivity contribution is 6.39. The van der Waals surface area contributed by atoms with Crippen LogP contribution in [0.4, 0.5) is 5.69 Å². The van der Waals surface area contributed by atoms with Crippen molar-refractivity contribution in [2.45, 2.75) is 0 Å². The summed E-state index contributed by atoms with van der Waals surface area (Å²) in [6.07, 6.45) is 0. The molecule has 0 aliphatic heterocycles. The maximum atomic E-state index is 12.8. The summed E-state index contributed by atoms with van der Waals surface area (Å²) in [5, 5.41) is 12.4. The Labute approximate surface area is 180 Å². The molecule has 1 aromatic heterocycles. The minimum absolute atomic E-state index is 0.118. The minimum atomic E-state index is -0.685. The van der Waals surface area contributed by atoms with Crippen LogP contribution in [0.3, 0.4) is 0 Å². The van der Waals surface area contributed by atoms with Crippen LogP contribution in [0, 0.1) is 10.1 Å². The zero-order valence-electron chi connectivity index (χ0n) is 15.8. The van der Waals surface area contributed by atoms with E-state index < -0.39 is 10.9 Å². The number of rotatable bonds is 3. The summed E-state index contributed by atoms with van der Waals surface area (Å²) in [6, 6.07) is 19.9. The van der Waals surface area contributed by atoms with E-state index in [1.54, 1.807) is 6.07 Å². The van der Waals surface area contributed by atoms with Crippen molar-refractivity contribution in [3.63, 3.8) is 0 Å². The van der Waals surface area contributed by atoms with Crippen LogP contribution < -0.4 is 4.74 Å². The van der Waals surface area contributed by atoms with Gasteiger partial charge >= 0.3 is 5.97 Å². The second-order valence-corrected chi connectivity index (χ2v) is 7.17. The molecule has 8 heteroatoms. The number of hydrogen-bond donors (Lipinski definition) is 0. The lowest BCUT2D eigenvalue weighted by Gasteiger charge is -2.13. The Morgan fingerprint density at radius 2 is 1.42 bits per heavy atom. The van der Waals surface area contributed by atoms with Crippen molar-refractivity contribution in [1.82, 2.24) is 9.97 Å². The van der Waals surface area contributed by atoms with Crippen LogP contribution in [0.15, 0.2) is 72.8 Å². The lowest BCUT2D eigenvalue weighted by atomic mass is 10.1. The summed E-state index contributed by atoms with van der Waals surface area (Å²) in [5.41, 5.74) is 2.47. The molecule has 0 amide bonds. The maximum absolute atomic E-state index is 12.8. The molecule has 0 bridgehead atoms. The Balaban J connectivity index is 1.68. The van der Waals surface area contributed by atoms with Crippen LogP contribution in [0.25, 0.3) is 32.8 Å². The summed E-state index contributed by atoms with van der Waals surface area (Å²) in [6.45, 7) is 0. The van der Waals surface area contributed by atoms with E-state index in [9.17, 15) is 14.9 Å². The lowest BCUT2D eigenvalue weighted by Crippen LogP contribution is -2.09. The molecule has 5 rings (SSSR count). The first-order valence-corrected chi connectivity index (χ1v) is 9.64. The molecule has 5 aromatic rings. The van der Waals surface area contributed by atoms with Gasteiger partial charge in [-0.2, -0.15) is 0 Å². The van der Waals surface area contributed by atoms with Crippen molar-refractivity contribution < 1.29 is 14.5 Å². The lowest BCUT2D eigenvalue weighted by molar-refractivity contribution is -0.384. The zero-order valence-corrected chi connectivity index (χ0v) is 16.5. The van der Waals surface area contributed by atoms with Gasteiger partial charge in [0.15, 0.2) is 5.75 Å². The molecule has 0 radical (unpaired) electrons. The predicted molar refractivity (Wildman–Crippen MR) is 118 cm³/mol. The first kappa shape index (κ1) is 18.9. The first-order valence-electron chi connectivity index (χ1n) is 9.26. The Morgan fingerprint density at radius 1 is 0.839 bits per heavy atom. The van der Waals surface area contributed by atoms with E-state index >= 15 is 0 Å². The number of para-hydroxylation sites is 2. The van der Waals surface area contributed by atoms with Gasteiger partial charge in [0.25, 0.3) is 5.69 Å². The summed E-state index contributed by atoms with van der Waals surface area (Å²) in [4.78, 5) is 32.4. The van der Waals surface area contributed by atoms with Crippen molar-refractivity contribution in [3.05, 3.63) is 93.5 Å². The van der Waals surface area contributed by atoms with E-state index in [0.717, 1.165) is 10.9 Å². The molecule has 0 aliphatic rings. The summed E-state index contributed by atoms with van der Waals surface area (Å²) < 4.78 is 5.66. The quantitative estimate of drug-likeness (QED) is 0.0909. The number of fused-ring (bicyclic) bond motifs is 4. The number of esters is 1. The number of hydrogen-bond acceptors (Lipinski definition) is 6. The molecule has 0 fully saturated rings. The first-order chi connectivity index (χ1) is 15.0. The highest BCUT2D eigenvalue weighted by Crippen LogP contribution is 2.40. The number of benzene rings is 4. The molecule has 0 unspecified atom stereocenters. The van der Waals surface area contributed by atoms with Gasteiger partial charge in [0.1, 0.15) is 10.5 Å². The van der Waals surface area contributed by atoms with Gasteiger partial charge in [0.05, 0.1) is 27.0 Å². The largest absolute Gasteiger partial charge is 0.421 e. The van der Waals surface area contributed by atoms with Gasteiger partial charge in [-0.3, -0.25) is 10.1 Å². The molecular weight excluding hydrogens is 418 g/mol. The van der Waals surface area contributed by atoms with Crippen LogP contribution >= 0.6 is 11.6 Å². The molecule has 150 valence electrons. The summed E-state index contributed by atoms with van der Waals surface area (Å²) >= 11 is 6.65. The van der Waals surface area contributed by atoms with Crippen molar-refractivity contribution >= 4 is 56.1 Å². The topological polar surface area (TPSA) is 95.2 Å². The SMILES string of the molecule is O=C(Oc1c(Cl)c2nc3ccccc3nc2c2ccccc12)c1ccc([N+](=O)[O-])cc1. The number of nitro benzene ring substituents is 1. The summed E-state index contributed by atoms with van der Waals surface area (Å²) in [7, 11) is 0. The van der Waals surface area contributed by atoms with Crippen LogP contribution in [0.1, 0.15) is 10.4 Å². The fraction of sp³-hybridized carbons (Fsp3) is 0. The standard InChI is InChI=1S/C23H12ClN3O4/c24-19-21-20(25-17-7-3-4-8-18(17)26-21)15-5-1-2-6-16(15)22(19)31-23(28)13-9-11-14(12-10-13)27(29)30/h1-12H. The molecule has 0 atom stereocenters. The van der Waals surface area contributed by atoms with Crippen molar-refractivity contribution in [1.29, 1.82) is 0 Å². The monoisotopic (exact) mass is 429 g/mol. The summed E-state index contributed by atoms with van der Waals surface area (Å²) in [5.74, 6) is -0.521. The number of non-ortho nitro benzene ring substituents is 1. The van der Waals surface area contributed by atoms with Crippen molar-refractivity contribution in [2.24, 2.45) is 0 Å². The fourth-order valence-corrected chi connectivity index (χ4v) is 3.70. The van der Waals surface area contributed by atoms with Crippen LogP contribution in [0.5, 0.6) is 5.75 Å². The van der Waals surface area contributed by atoms with Gasteiger partial charge in [-0.15, -0.1) is 0 Å². The number of carbonyl (C=O) groups excluding carboxylic acids is 1. The second-order valence-electron chi connectivity index (χ2n) is 6.79. The highest BCUT2D eigenvalue weighted by Gasteiger charge is 2.20. The van der Waals surface area contributed by atoms with Gasteiger partial charge < -0.3 is 4.74 Å². The van der Waals surface area contributed by atoms with Gasteiger partial charge in [-0.25, -0.2) is 14.8 Å². The number of nitrogens with zero attached hydrogens (tertiary/aromatic N) is 3. The smallest absolute Gasteiger partial charge is 0.343 e. The number of ether oxygens (including phenoxy) is 1. The Hall–Kier alpha value is -4.10. The molecule has 0 saturated carbocycles. The van der Waals surface area contributed by atoms with Gasteiger partial charge in [0.2, 0.25) is 0 Å². The molecule has 0 N–H and O–H groups in total. The van der Waals surface area contributed by atoms with Crippen LogP contribution in [0.2, 0.25) is 5.02 Å². The van der Waals surface area contributed by atoms with Crippen LogP contribution in [-0.2, 0) is 0 Å². The third kappa shape index (κ3) is 3.21. The third-order valence-corrected chi connectivity index (χ3v) is 5.26. The normalized spacial score (nSPS) is 11.1. The fourth-order valence-electron chi connectivity index (χ4n) is 3.42. The Bertz CT molecular complexity index is 1520. The van der Waals surface area contributed by atoms with Gasteiger partial charge in [-0.05, 0) is 24.3 Å². The molecule has 1 heterocycles. The third-order valence-electron chi connectivity index (χ3n) is 4.91. The van der Waals surface area contributed by atoms with E-state index in [4.69, 9.17) is 21.3 Å². The average molecular weight is 430 g/mol. The Kier molecular flexibility index (Phi) is 4.45. The molecule has 0 aliphatic carbocycles. The highest BCUT2D eigenvalue weighted by atomic mass is 35.5. The second kappa shape index (κ2) is 7.30. The van der Waals surface area contributed by atoms with E-state index in [0.29, 0.717) is 21.9 Å². The maximum Gasteiger partial charge on any atom is 0.343 e. The van der Waals surface area contributed by atoms with Crippen molar-refractivity contribution in [2.75, 3.05) is 0 Å². The molecule has 4 aromatic carbocycles. The number of nitro groups is 1. The molecular formula is C23H12ClN3O4. The predicted octanol–water partition coefficient (Wildman–Crippen LogP) is 5.72. The van der Waals surface area contributed by atoms with E-state index in [2.05, 4.69) is 4.98 Å². The molecule has 0 saturated heterocycles.